The van der Waals surface area contributed by atoms with Crippen LogP contribution in [0.15, 0.2) is 18.2 Å². The zero-order chi connectivity index (χ0) is 13.7. The van der Waals surface area contributed by atoms with E-state index in [9.17, 15) is 4.79 Å². The second-order valence-corrected chi connectivity index (χ2v) is 4.70. The van der Waals surface area contributed by atoms with Crippen molar-refractivity contribution in [2.45, 2.75) is 25.8 Å². The molecule has 2 rings (SSSR count). The van der Waals surface area contributed by atoms with Gasteiger partial charge in [0.1, 0.15) is 0 Å². The Balaban J connectivity index is 2.16. The van der Waals surface area contributed by atoms with Crippen molar-refractivity contribution in [3.8, 4) is 0 Å². The highest BCUT2D eigenvalue weighted by atomic mass is 16.5. The second-order valence-electron chi connectivity index (χ2n) is 4.70. The molecule has 1 fully saturated rings. The maximum absolute atomic E-state index is 12.0. The molecule has 4 N–H and O–H groups in total. The van der Waals surface area contributed by atoms with Crippen LogP contribution in [0.4, 0.5) is 11.4 Å². The minimum Gasteiger partial charge on any atom is -0.399 e. The molecule has 0 atom stereocenters. The molecule has 1 aromatic rings. The molecule has 1 aromatic carbocycles. The number of anilines is 2. The molecule has 0 unspecified atom stereocenters. The van der Waals surface area contributed by atoms with Crippen LogP contribution in [0.2, 0.25) is 0 Å². The normalized spacial score (nSPS) is 16.1. The van der Waals surface area contributed by atoms with Crippen molar-refractivity contribution in [2.75, 3.05) is 30.8 Å². The number of benzene rings is 1. The molecule has 0 spiro atoms. The van der Waals surface area contributed by atoms with Crippen LogP contribution in [0.3, 0.4) is 0 Å². The van der Waals surface area contributed by atoms with Gasteiger partial charge in [0.2, 0.25) is 0 Å². The van der Waals surface area contributed by atoms with E-state index in [1.807, 2.05) is 13.0 Å². The Morgan fingerprint density at radius 1 is 1.42 bits per heavy atom. The maximum Gasteiger partial charge on any atom is 0.253 e. The molecule has 19 heavy (non-hydrogen) atoms. The lowest BCUT2D eigenvalue weighted by Gasteiger charge is -2.25. The lowest BCUT2D eigenvalue weighted by atomic mass is 10.1. The number of carbonyl (C=O) groups excluding carboxylic acids is 1. The van der Waals surface area contributed by atoms with E-state index >= 15 is 0 Å². The number of hydrogen-bond acceptors (Lipinski definition) is 4. The average Bonchev–Trinajstić information content (AvgIpc) is 2.40. The second kappa shape index (κ2) is 6.43. The zero-order valence-electron chi connectivity index (χ0n) is 11.2. The maximum atomic E-state index is 12.0. The summed E-state index contributed by atoms with van der Waals surface area (Å²) < 4.78 is 5.33. The topological polar surface area (TPSA) is 76.4 Å². The predicted octanol–water partition coefficient (Wildman–Crippen LogP) is 1.61. The monoisotopic (exact) mass is 263 g/mol. The van der Waals surface area contributed by atoms with Gasteiger partial charge in [0.25, 0.3) is 5.91 Å². The van der Waals surface area contributed by atoms with Gasteiger partial charge in [0, 0.05) is 37.2 Å². The largest absolute Gasteiger partial charge is 0.399 e. The number of rotatable bonds is 4. The van der Waals surface area contributed by atoms with E-state index < -0.39 is 0 Å². The van der Waals surface area contributed by atoms with Gasteiger partial charge in [-0.1, -0.05) is 0 Å². The Hall–Kier alpha value is -1.75. The number of nitrogens with one attached hydrogen (secondary N) is 2. The van der Waals surface area contributed by atoms with Gasteiger partial charge in [0.15, 0.2) is 0 Å². The summed E-state index contributed by atoms with van der Waals surface area (Å²) in [7, 11) is 0. The van der Waals surface area contributed by atoms with E-state index in [1.54, 1.807) is 12.1 Å². The molecule has 0 bridgehead atoms. The molecular weight excluding hydrogens is 242 g/mol. The lowest BCUT2D eigenvalue weighted by molar-refractivity contribution is 0.0903. The molecule has 1 heterocycles. The summed E-state index contributed by atoms with van der Waals surface area (Å²) in [6, 6.07) is 5.67. The van der Waals surface area contributed by atoms with Crippen molar-refractivity contribution in [3.63, 3.8) is 0 Å². The van der Waals surface area contributed by atoms with E-state index in [0.29, 0.717) is 23.8 Å². The van der Waals surface area contributed by atoms with Gasteiger partial charge < -0.3 is 21.1 Å². The number of amides is 1. The van der Waals surface area contributed by atoms with Crippen molar-refractivity contribution in [1.29, 1.82) is 0 Å². The third-order valence-electron chi connectivity index (χ3n) is 3.21. The summed E-state index contributed by atoms with van der Waals surface area (Å²) >= 11 is 0. The Kier molecular flexibility index (Phi) is 4.63. The first kappa shape index (κ1) is 13.7. The number of hydrogen-bond donors (Lipinski definition) is 3. The van der Waals surface area contributed by atoms with Gasteiger partial charge in [-0.2, -0.15) is 0 Å². The molecule has 1 amide bonds. The quantitative estimate of drug-likeness (QED) is 0.721. The lowest BCUT2D eigenvalue weighted by Crippen LogP contribution is -2.30. The Morgan fingerprint density at radius 2 is 2.16 bits per heavy atom. The standard InChI is InChI=1S/C14H21N3O2/c1-2-16-14(18)12-4-3-10(15)9-13(12)17-11-5-7-19-8-6-11/h3-4,9,11,17H,2,5-8,15H2,1H3,(H,16,18). The minimum absolute atomic E-state index is 0.0722. The molecule has 0 aliphatic carbocycles. The molecular formula is C14H21N3O2. The van der Waals surface area contributed by atoms with Gasteiger partial charge >= 0.3 is 0 Å². The van der Waals surface area contributed by atoms with E-state index in [-0.39, 0.29) is 5.91 Å². The summed E-state index contributed by atoms with van der Waals surface area (Å²) in [5.41, 5.74) is 7.91. The number of nitrogens with two attached hydrogens (primary N) is 1. The van der Waals surface area contributed by atoms with Gasteiger partial charge in [-0.15, -0.1) is 0 Å². The fourth-order valence-corrected chi connectivity index (χ4v) is 2.20. The summed E-state index contributed by atoms with van der Waals surface area (Å²) in [6.07, 6.45) is 1.90. The Bertz CT molecular complexity index is 442. The van der Waals surface area contributed by atoms with Crippen LogP contribution >= 0.6 is 0 Å². The summed E-state index contributed by atoms with van der Waals surface area (Å²) in [4.78, 5) is 12.0. The highest BCUT2D eigenvalue weighted by Gasteiger charge is 2.17. The highest BCUT2D eigenvalue weighted by molar-refractivity contribution is 6.00. The van der Waals surface area contributed by atoms with Gasteiger partial charge in [-0.3, -0.25) is 4.79 Å². The van der Waals surface area contributed by atoms with Gasteiger partial charge in [-0.25, -0.2) is 0 Å². The van der Waals surface area contributed by atoms with E-state index in [0.717, 1.165) is 31.7 Å². The summed E-state index contributed by atoms with van der Waals surface area (Å²) in [6.45, 7) is 4.04. The van der Waals surface area contributed by atoms with Crippen LogP contribution in [-0.2, 0) is 4.74 Å². The smallest absolute Gasteiger partial charge is 0.253 e. The zero-order valence-corrected chi connectivity index (χ0v) is 11.2. The summed E-state index contributed by atoms with van der Waals surface area (Å²) in [5.74, 6) is -0.0722. The molecule has 0 radical (unpaired) electrons. The fraction of sp³-hybridized carbons (Fsp3) is 0.500. The summed E-state index contributed by atoms with van der Waals surface area (Å²) in [5, 5.41) is 6.22. The van der Waals surface area contributed by atoms with Crippen LogP contribution in [0, 0.1) is 0 Å². The van der Waals surface area contributed by atoms with Crippen LogP contribution < -0.4 is 16.4 Å². The molecule has 5 heteroatoms. The first-order chi connectivity index (χ1) is 9.20. The minimum atomic E-state index is -0.0722. The molecule has 0 saturated carbocycles. The first-order valence-corrected chi connectivity index (χ1v) is 6.72. The number of carbonyl (C=O) groups is 1. The molecule has 0 aromatic heterocycles. The van der Waals surface area contributed by atoms with E-state index in [2.05, 4.69) is 10.6 Å². The van der Waals surface area contributed by atoms with Gasteiger partial charge in [0.05, 0.1) is 5.56 Å². The number of ether oxygens (including phenoxy) is 1. The van der Waals surface area contributed by atoms with E-state index in [4.69, 9.17) is 10.5 Å². The SMILES string of the molecule is CCNC(=O)c1ccc(N)cc1NC1CCOCC1. The Labute approximate surface area is 113 Å². The molecule has 5 nitrogen and oxygen atoms in total. The van der Waals surface area contributed by atoms with Crippen LogP contribution in [-0.4, -0.2) is 31.7 Å². The van der Waals surface area contributed by atoms with Crippen molar-refractivity contribution >= 4 is 17.3 Å². The van der Waals surface area contributed by atoms with Crippen LogP contribution in [0.1, 0.15) is 30.1 Å². The number of nitrogen functional groups attached to an aromatic ring is 1. The van der Waals surface area contributed by atoms with Gasteiger partial charge in [-0.05, 0) is 38.0 Å². The van der Waals surface area contributed by atoms with Crippen molar-refractivity contribution in [3.05, 3.63) is 23.8 Å². The molecule has 1 aliphatic heterocycles. The van der Waals surface area contributed by atoms with Crippen LogP contribution in [0.5, 0.6) is 0 Å². The molecule has 1 aliphatic rings. The molecule has 1 saturated heterocycles. The Morgan fingerprint density at radius 3 is 2.84 bits per heavy atom. The third kappa shape index (κ3) is 3.61. The third-order valence-corrected chi connectivity index (χ3v) is 3.21. The van der Waals surface area contributed by atoms with Crippen LogP contribution in [0.25, 0.3) is 0 Å². The van der Waals surface area contributed by atoms with E-state index in [1.165, 1.54) is 0 Å². The fourth-order valence-electron chi connectivity index (χ4n) is 2.20. The van der Waals surface area contributed by atoms with Crippen molar-refractivity contribution < 1.29 is 9.53 Å². The highest BCUT2D eigenvalue weighted by Crippen LogP contribution is 2.22. The average molecular weight is 263 g/mol. The molecule has 104 valence electrons. The first-order valence-electron chi connectivity index (χ1n) is 6.72. The predicted molar refractivity (Wildman–Crippen MR) is 76.3 cm³/mol. The van der Waals surface area contributed by atoms with Crippen molar-refractivity contribution in [1.82, 2.24) is 5.32 Å². The van der Waals surface area contributed by atoms with Crippen molar-refractivity contribution in [2.24, 2.45) is 0 Å².